The summed E-state index contributed by atoms with van der Waals surface area (Å²) in [7, 11) is 0. The molecule has 0 saturated carbocycles. The molecule has 1 aliphatic heterocycles. The molecule has 0 bridgehead atoms. The lowest BCUT2D eigenvalue weighted by Gasteiger charge is -2.26. The summed E-state index contributed by atoms with van der Waals surface area (Å²) in [6.45, 7) is 6.41. The minimum Gasteiger partial charge on any atom is -0.450 e. The van der Waals surface area contributed by atoms with Gasteiger partial charge in [-0.1, -0.05) is 0 Å². The van der Waals surface area contributed by atoms with Gasteiger partial charge in [0.15, 0.2) is 0 Å². The van der Waals surface area contributed by atoms with Crippen molar-refractivity contribution in [2.75, 3.05) is 18.5 Å². The fourth-order valence-corrected chi connectivity index (χ4v) is 5.10. The summed E-state index contributed by atoms with van der Waals surface area (Å²) in [5.41, 5.74) is 7.34. The number of aryl methyl sites for hydroxylation is 2. The van der Waals surface area contributed by atoms with Gasteiger partial charge in [0.2, 0.25) is 0 Å². The van der Waals surface area contributed by atoms with E-state index in [0.29, 0.717) is 47.3 Å². The molecule has 2 aromatic rings. The minimum atomic E-state index is -0.593. The first-order valence-corrected chi connectivity index (χ1v) is 10.1. The van der Waals surface area contributed by atoms with Gasteiger partial charge in [0.05, 0.1) is 29.4 Å². The topological polar surface area (TPSA) is 115 Å². The van der Waals surface area contributed by atoms with Crippen molar-refractivity contribution in [2.24, 2.45) is 5.73 Å². The molecule has 3 heterocycles. The summed E-state index contributed by atoms with van der Waals surface area (Å²) in [6, 6.07) is 0. The second kappa shape index (κ2) is 7.65. The number of hydrogen-bond donors (Lipinski definition) is 2. The van der Waals surface area contributed by atoms with Crippen LogP contribution >= 0.6 is 22.7 Å². The molecule has 10 heteroatoms. The number of amides is 3. The van der Waals surface area contributed by atoms with E-state index < -0.39 is 12.0 Å². The fourth-order valence-electron chi connectivity index (χ4n) is 3.02. The molecule has 0 saturated heterocycles. The van der Waals surface area contributed by atoms with E-state index in [1.807, 2.05) is 6.92 Å². The van der Waals surface area contributed by atoms with Gasteiger partial charge in [-0.05, 0) is 32.8 Å². The van der Waals surface area contributed by atoms with Crippen LogP contribution < -0.4 is 11.1 Å². The third kappa shape index (κ3) is 3.81. The molecular weight excluding hydrogens is 388 g/mol. The highest BCUT2D eigenvalue weighted by molar-refractivity contribution is 7.17. The van der Waals surface area contributed by atoms with Crippen molar-refractivity contribution in [1.82, 2.24) is 9.88 Å². The van der Waals surface area contributed by atoms with Crippen molar-refractivity contribution in [1.29, 1.82) is 0 Å². The number of thiazole rings is 1. The van der Waals surface area contributed by atoms with Crippen molar-refractivity contribution in [3.63, 3.8) is 0 Å². The SMILES string of the molecule is CCOC(=O)N1CCc2c(sc(NC(=O)c3sc(C)nc3C)c2C(N)=O)C1. The minimum absolute atomic E-state index is 0.300. The molecule has 0 unspecified atom stereocenters. The summed E-state index contributed by atoms with van der Waals surface area (Å²) < 4.78 is 5.04. The van der Waals surface area contributed by atoms with Gasteiger partial charge < -0.3 is 20.7 Å². The third-order valence-corrected chi connectivity index (χ3v) is 6.37. The normalized spacial score (nSPS) is 13.2. The van der Waals surface area contributed by atoms with E-state index in [0.717, 1.165) is 15.4 Å². The van der Waals surface area contributed by atoms with E-state index in [-0.39, 0.29) is 5.91 Å². The van der Waals surface area contributed by atoms with Crippen LogP contribution in [0.5, 0.6) is 0 Å². The molecule has 0 atom stereocenters. The van der Waals surface area contributed by atoms with E-state index in [9.17, 15) is 14.4 Å². The first kappa shape index (κ1) is 19.3. The maximum Gasteiger partial charge on any atom is 0.410 e. The predicted molar refractivity (Wildman–Crippen MR) is 104 cm³/mol. The number of hydrogen-bond acceptors (Lipinski definition) is 7. The maximum absolute atomic E-state index is 12.6. The largest absolute Gasteiger partial charge is 0.450 e. The number of anilines is 1. The number of ether oxygens (including phenoxy) is 1. The molecule has 3 N–H and O–H groups in total. The number of carbonyl (C=O) groups is 3. The second-order valence-electron chi connectivity index (χ2n) is 6.04. The van der Waals surface area contributed by atoms with Crippen LogP contribution in [0.25, 0.3) is 0 Å². The average molecular weight is 409 g/mol. The van der Waals surface area contributed by atoms with Gasteiger partial charge in [-0.3, -0.25) is 9.59 Å². The molecule has 0 aliphatic carbocycles. The smallest absolute Gasteiger partial charge is 0.410 e. The molecule has 0 radical (unpaired) electrons. The Morgan fingerprint density at radius 1 is 1.30 bits per heavy atom. The Morgan fingerprint density at radius 3 is 2.63 bits per heavy atom. The van der Waals surface area contributed by atoms with Crippen LogP contribution in [-0.4, -0.2) is 40.9 Å². The van der Waals surface area contributed by atoms with E-state index in [1.54, 1.807) is 18.7 Å². The lowest BCUT2D eigenvalue weighted by atomic mass is 10.0. The van der Waals surface area contributed by atoms with Crippen LogP contribution in [-0.2, 0) is 17.7 Å². The summed E-state index contributed by atoms with van der Waals surface area (Å²) in [6.07, 6.45) is 0.0934. The standard InChI is InChI=1S/C17H20N4O4S2/c1-4-25-17(24)21-6-5-10-11(7-21)27-16(12(10)14(18)22)20-15(23)13-8(2)19-9(3)26-13/h4-7H2,1-3H3,(H2,18,22)(H,20,23). The molecule has 3 rings (SSSR count). The van der Waals surface area contributed by atoms with Crippen molar-refractivity contribution in [3.05, 3.63) is 31.6 Å². The number of thiophene rings is 1. The lowest BCUT2D eigenvalue weighted by molar-refractivity contribution is 0.0997. The zero-order valence-corrected chi connectivity index (χ0v) is 16.9. The summed E-state index contributed by atoms with van der Waals surface area (Å²) in [4.78, 5) is 43.8. The molecule has 27 heavy (non-hydrogen) atoms. The number of rotatable bonds is 4. The van der Waals surface area contributed by atoms with Crippen molar-refractivity contribution in [3.8, 4) is 0 Å². The van der Waals surface area contributed by atoms with Gasteiger partial charge >= 0.3 is 6.09 Å². The molecule has 1 aliphatic rings. The quantitative estimate of drug-likeness (QED) is 0.807. The van der Waals surface area contributed by atoms with Crippen LogP contribution in [0.3, 0.4) is 0 Å². The van der Waals surface area contributed by atoms with E-state index in [1.165, 1.54) is 22.7 Å². The van der Waals surface area contributed by atoms with Crippen LogP contribution in [0.15, 0.2) is 0 Å². The molecule has 144 valence electrons. The van der Waals surface area contributed by atoms with Crippen LogP contribution in [0.2, 0.25) is 0 Å². The Bertz CT molecular complexity index is 918. The Kier molecular flexibility index (Phi) is 5.47. The van der Waals surface area contributed by atoms with E-state index in [2.05, 4.69) is 10.3 Å². The number of carbonyl (C=O) groups excluding carboxylic acids is 3. The lowest BCUT2D eigenvalue weighted by Crippen LogP contribution is -2.36. The second-order valence-corrected chi connectivity index (χ2v) is 8.35. The first-order valence-electron chi connectivity index (χ1n) is 8.43. The number of nitrogens with two attached hydrogens (primary N) is 1. The number of nitrogens with zero attached hydrogens (tertiary/aromatic N) is 2. The van der Waals surface area contributed by atoms with Gasteiger partial charge in [-0.15, -0.1) is 22.7 Å². The summed E-state index contributed by atoms with van der Waals surface area (Å²) in [5.74, 6) is -0.911. The van der Waals surface area contributed by atoms with Crippen molar-refractivity contribution >= 4 is 45.6 Å². The summed E-state index contributed by atoms with van der Waals surface area (Å²) in [5, 5.41) is 4.01. The average Bonchev–Trinajstić information content (AvgIpc) is 3.13. The highest BCUT2D eigenvalue weighted by Gasteiger charge is 2.30. The van der Waals surface area contributed by atoms with Crippen molar-refractivity contribution < 1.29 is 19.1 Å². The van der Waals surface area contributed by atoms with Crippen molar-refractivity contribution in [2.45, 2.75) is 33.7 Å². The van der Waals surface area contributed by atoms with E-state index in [4.69, 9.17) is 10.5 Å². The third-order valence-electron chi connectivity index (χ3n) is 4.17. The van der Waals surface area contributed by atoms with Crippen LogP contribution in [0.4, 0.5) is 9.80 Å². The zero-order chi connectivity index (χ0) is 19.7. The highest BCUT2D eigenvalue weighted by atomic mass is 32.1. The molecule has 2 aromatic heterocycles. The zero-order valence-electron chi connectivity index (χ0n) is 15.2. The molecule has 0 fully saturated rings. The monoisotopic (exact) mass is 408 g/mol. The van der Waals surface area contributed by atoms with Gasteiger partial charge in [0.1, 0.15) is 9.88 Å². The Morgan fingerprint density at radius 2 is 2.04 bits per heavy atom. The Hall–Kier alpha value is -2.46. The van der Waals surface area contributed by atoms with Crippen LogP contribution in [0, 0.1) is 13.8 Å². The molecule has 3 amide bonds. The van der Waals surface area contributed by atoms with Gasteiger partial charge in [0.25, 0.3) is 11.8 Å². The molecule has 8 nitrogen and oxygen atoms in total. The maximum atomic E-state index is 12.6. The van der Waals surface area contributed by atoms with Gasteiger partial charge in [-0.2, -0.15) is 0 Å². The summed E-state index contributed by atoms with van der Waals surface area (Å²) >= 11 is 2.56. The molecule has 0 spiro atoms. The van der Waals surface area contributed by atoms with E-state index >= 15 is 0 Å². The fraction of sp³-hybridized carbons (Fsp3) is 0.412. The Balaban J connectivity index is 1.89. The van der Waals surface area contributed by atoms with Gasteiger partial charge in [-0.25, -0.2) is 9.78 Å². The number of primary amides is 1. The predicted octanol–water partition coefficient (Wildman–Crippen LogP) is 2.69. The number of aromatic nitrogens is 1. The number of nitrogens with one attached hydrogen (secondary N) is 1. The Labute approximate surface area is 164 Å². The van der Waals surface area contributed by atoms with Crippen LogP contribution in [0.1, 0.15) is 48.1 Å². The highest BCUT2D eigenvalue weighted by Crippen LogP contribution is 2.37. The van der Waals surface area contributed by atoms with Gasteiger partial charge in [0, 0.05) is 11.4 Å². The number of fused-ring (bicyclic) bond motifs is 1. The molecular formula is C17H20N4O4S2. The first-order chi connectivity index (χ1) is 12.8. The molecule has 0 aromatic carbocycles.